The van der Waals surface area contributed by atoms with E-state index in [-0.39, 0.29) is 30.6 Å². The molecule has 3 fully saturated rings. The summed E-state index contributed by atoms with van der Waals surface area (Å²) >= 11 is 0. The Kier molecular flexibility index (Phi) is 14.9. The van der Waals surface area contributed by atoms with Gasteiger partial charge < -0.3 is 33.9 Å². The van der Waals surface area contributed by atoms with Gasteiger partial charge in [0.1, 0.15) is 18.1 Å². The smallest absolute Gasteiger partial charge is 0.319 e. The number of hydrogen-bond acceptors (Lipinski definition) is 10. The quantitative estimate of drug-likeness (QED) is 0.253. The normalized spacial score (nSPS) is 36.0. The first-order valence-electron chi connectivity index (χ1n) is 18.0. The van der Waals surface area contributed by atoms with E-state index in [9.17, 15) is 14.7 Å². The van der Waals surface area contributed by atoms with E-state index in [1.54, 1.807) is 27.9 Å². The molecule has 10 nitrogen and oxygen atoms in total. The van der Waals surface area contributed by atoms with Crippen LogP contribution in [0.3, 0.4) is 0 Å². The van der Waals surface area contributed by atoms with Crippen LogP contribution in [0.4, 0.5) is 0 Å². The van der Waals surface area contributed by atoms with Crippen molar-refractivity contribution >= 4 is 11.8 Å². The zero-order valence-corrected chi connectivity index (χ0v) is 30.8. The minimum absolute atomic E-state index is 0.0704. The first kappa shape index (κ1) is 39.3. The molecule has 0 radical (unpaired) electrons. The van der Waals surface area contributed by atoms with E-state index in [0.717, 1.165) is 45.3 Å². The van der Waals surface area contributed by atoms with Gasteiger partial charge in [-0.3, -0.25) is 14.5 Å². The van der Waals surface area contributed by atoms with E-state index < -0.39 is 41.4 Å². The molecule has 0 unspecified atom stereocenters. The number of methoxy groups -OCH3 is 1. The van der Waals surface area contributed by atoms with Gasteiger partial charge in [-0.05, 0) is 120 Å². The molecule has 0 aromatic rings. The summed E-state index contributed by atoms with van der Waals surface area (Å²) in [4.78, 5) is 34.8. The molecular weight excluding hydrogens is 586 g/mol. The van der Waals surface area contributed by atoms with E-state index in [0.29, 0.717) is 18.9 Å². The Morgan fingerprint density at radius 3 is 2.35 bits per heavy atom. The van der Waals surface area contributed by atoms with Crippen molar-refractivity contribution in [2.75, 3.05) is 54.5 Å². The molecule has 2 saturated heterocycles. The minimum Gasteiger partial charge on any atom is -0.463 e. The fourth-order valence-corrected chi connectivity index (χ4v) is 7.98. The van der Waals surface area contributed by atoms with Crippen molar-refractivity contribution in [1.29, 1.82) is 0 Å². The molecule has 1 N–H and O–H groups in total. The summed E-state index contributed by atoms with van der Waals surface area (Å²) < 4.78 is 25.0. The summed E-state index contributed by atoms with van der Waals surface area (Å²) in [6.45, 7) is 14.2. The van der Waals surface area contributed by atoms with Crippen LogP contribution < -0.4 is 0 Å². The topological polar surface area (TPSA) is 101 Å². The Morgan fingerprint density at radius 1 is 1.07 bits per heavy atom. The van der Waals surface area contributed by atoms with Crippen molar-refractivity contribution < 1.29 is 33.6 Å². The number of Topliss-reactive ketones (excluding diaryl/α,β-unsaturated/α-hetero) is 1. The zero-order valence-electron chi connectivity index (χ0n) is 30.8. The highest BCUT2D eigenvalue weighted by Gasteiger charge is 2.51. The molecule has 0 spiro atoms. The average molecular weight is 654 g/mol. The fraction of sp³-hybridized carbons (Fsp3) is 0.944. The van der Waals surface area contributed by atoms with E-state index in [4.69, 9.17) is 18.9 Å². The highest BCUT2D eigenvalue weighted by molar-refractivity contribution is 6.04. The second-order valence-corrected chi connectivity index (χ2v) is 15.4. The monoisotopic (exact) mass is 653 g/mol. The molecule has 0 bridgehead atoms. The van der Waals surface area contributed by atoms with Crippen molar-refractivity contribution in [3.05, 3.63) is 0 Å². The van der Waals surface area contributed by atoms with Gasteiger partial charge in [0.2, 0.25) is 0 Å². The van der Waals surface area contributed by atoms with Crippen LogP contribution in [0.2, 0.25) is 0 Å². The van der Waals surface area contributed by atoms with Gasteiger partial charge >= 0.3 is 5.97 Å². The van der Waals surface area contributed by atoms with Gasteiger partial charge in [-0.1, -0.05) is 26.7 Å². The Balaban J connectivity index is 1.88. The van der Waals surface area contributed by atoms with Crippen molar-refractivity contribution in [2.24, 2.45) is 11.3 Å². The zero-order chi connectivity index (χ0) is 34.2. The lowest BCUT2D eigenvalue weighted by molar-refractivity contribution is -0.295. The van der Waals surface area contributed by atoms with Crippen molar-refractivity contribution in [1.82, 2.24) is 14.7 Å². The van der Waals surface area contributed by atoms with Crippen LogP contribution in [0.5, 0.6) is 0 Å². The highest BCUT2D eigenvalue weighted by atomic mass is 16.7. The number of hydrogen-bond donors (Lipinski definition) is 1. The number of likely N-dealkylation sites (N-methyl/N-ethyl adjacent to an activating group) is 1. The molecule has 0 aromatic carbocycles. The van der Waals surface area contributed by atoms with Gasteiger partial charge in [-0.25, -0.2) is 0 Å². The van der Waals surface area contributed by atoms with Crippen LogP contribution in [0, 0.1) is 11.3 Å². The third-order valence-corrected chi connectivity index (χ3v) is 11.2. The summed E-state index contributed by atoms with van der Waals surface area (Å²) in [7, 11) is 7.76. The van der Waals surface area contributed by atoms with E-state index in [1.165, 1.54) is 25.7 Å². The molecular formula is C36H67N3O7. The molecule has 46 heavy (non-hydrogen) atoms. The number of esters is 1. The van der Waals surface area contributed by atoms with Crippen molar-refractivity contribution in [2.45, 2.75) is 154 Å². The maximum Gasteiger partial charge on any atom is 0.319 e. The third-order valence-electron chi connectivity index (χ3n) is 11.2. The Morgan fingerprint density at radius 2 is 1.74 bits per heavy atom. The highest BCUT2D eigenvalue weighted by Crippen LogP contribution is 2.37. The van der Waals surface area contributed by atoms with Gasteiger partial charge in [0, 0.05) is 31.2 Å². The number of rotatable bonds is 11. The van der Waals surface area contributed by atoms with Crippen LogP contribution in [0.25, 0.3) is 0 Å². The van der Waals surface area contributed by atoms with Gasteiger partial charge in [-0.2, -0.15) is 0 Å². The van der Waals surface area contributed by atoms with Crippen molar-refractivity contribution in [3.63, 3.8) is 0 Å². The second-order valence-electron chi connectivity index (χ2n) is 15.4. The molecule has 3 rings (SSSR count). The van der Waals surface area contributed by atoms with E-state index in [1.807, 2.05) is 32.8 Å². The molecule has 0 aromatic heterocycles. The Hall–Kier alpha value is -1.14. The molecule has 2 heterocycles. The standard InChI is InChI=1S/C36H67N3O7/c1-11-20-39-22-15-19-36(6,43-10)32(46-33-30(40)29(37(7)8)23-25(2)45-33)26(3)31(41)35(4,5)34(42)44-24-28(39)18-14-21-38(9)27-16-12-13-17-27/h25-30,32-33,40H,11-24H2,1-10H3/t25-,26+,28+,29+,30-,32-,33+,36-/m1/s1. The maximum atomic E-state index is 14.2. The van der Waals surface area contributed by atoms with Crippen LogP contribution in [-0.4, -0.2) is 134 Å². The number of ether oxygens (including phenoxy) is 4. The summed E-state index contributed by atoms with van der Waals surface area (Å²) in [6, 6.07) is 0.589. The van der Waals surface area contributed by atoms with E-state index >= 15 is 0 Å². The molecule has 1 saturated carbocycles. The third kappa shape index (κ3) is 9.73. The lowest BCUT2D eigenvalue weighted by atomic mass is 9.75. The summed E-state index contributed by atoms with van der Waals surface area (Å²) in [6.07, 6.45) is 7.48. The van der Waals surface area contributed by atoms with Crippen LogP contribution in [0.1, 0.15) is 106 Å². The molecule has 10 heteroatoms. The van der Waals surface area contributed by atoms with Crippen LogP contribution in [-0.2, 0) is 28.5 Å². The van der Waals surface area contributed by atoms with Crippen molar-refractivity contribution in [3.8, 4) is 0 Å². The largest absolute Gasteiger partial charge is 0.463 e. The first-order valence-corrected chi connectivity index (χ1v) is 18.0. The Labute approximate surface area is 279 Å². The van der Waals surface area contributed by atoms with Crippen LogP contribution >= 0.6 is 0 Å². The molecule has 268 valence electrons. The molecule has 0 amide bonds. The first-order chi connectivity index (χ1) is 21.7. The fourth-order valence-electron chi connectivity index (χ4n) is 7.98. The predicted molar refractivity (Wildman–Crippen MR) is 181 cm³/mol. The maximum absolute atomic E-state index is 14.2. The lowest BCUT2D eigenvalue weighted by Gasteiger charge is -2.46. The minimum atomic E-state index is -1.39. The number of nitrogens with zero attached hydrogens (tertiary/aromatic N) is 3. The Bertz CT molecular complexity index is 958. The number of aliphatic hydroxyl groups is 1. The second kappa shape index (κ2) is 17.5. The summed E-state index contributed by atoms with van der Waals surface area (Å²) in [5.41, 5.74) is -2.27. The molecule has 2 aliphatic heterocycles. The van der Waals surface area contributed by atoms with Crippen LogP contribution in [0.15, 0.2) is 0 Å². The average Bonchev–Trinajstić information content (AvgIpc) is 3.56. The molecule has 3 aliphatic rings. The SMILES string of the molecule is CCCN1CCC[C@@](C)(OC)[C@H](O[C@@H]2O[C@H](C)C[C@H](N(C)C)[C@H]2O)[C@@H](C)C(=O)C(C)(C)C(=O)OC[C@@H]1CCCN(C)C1CCCC1. The number of ketones is 1. The summed E-state index contributed by atoms with van der Waals surface area (Å²) in [5, 5.41) is 11.3. The summed E-state index contributed by atoms with van der Waals surface area (Å²) in [5.74, 6) is -1.51. The van der Waals surface area contributed by atoms with E-state index in [2.05, 4.69) is 23.8 Å². The van der Waals surface area contributed by atoms with Gasteiger partial charge in [-0.15, -0.1) is 0 Å². The molecule has 1 aliphatic carbocycles. The molecule has 8 atom stereocenters. The number of carbonyl (C=O) groups is 2. The lowest BCUT2D eigenvalue weighted by Crippen LogP contribution is -2.59. The number of cyclic esters (lactones) is 1. The van der Waals surface area contributed by atoms with Gasteiger partial charge in [0.15, 0.2) is 12.1 Å². The van der Waals surface area contributed by atoms with Gasteiger partial charge in [0.25, 0.3) is 0 Å². The predicted octanol–water partition coefficient (Wildman–Crippen LogP) is 4.51. The number of aliphatic hydroxyl groups excluding tert-OH is 1. The van der Waals surface area contributed by atoms with Gasteiger partial charge in [0.05, 0.1) is 17.8 Å². The number of carbonyl (C=O) groups excluding carboxylic acids is 2.